The Bertz CT molecular complexity index is 527. The average molecular weight is 293 g/mol. The predicted octanol–water partition coefficient (Wildman–Crippen LogP) is 2.93. The molecule has 116 valence electrons. The van der Waals surface area contributed by atoms with Crippen molar-refractivity contribution >= 4 is 17.3 Å². The van der Waals surface area contributed by atoms with E-state index in [1.165, 1.54) is 6.07 Å². The Balaban J connectivity index is 2.67. The molecule has 0 aliphatic carbocycles. The molecule has 0 aliphatic heterocycles. The van der Waals surface area contributed by atoms with E-state index in [1.54, 1.807) is 6.07 Å². The normalized spacial score (nSPS) is 10.7. The van der Waals surface area contributed by atoms with E-state index in [9.17, 15) is 14.9 Å². The summed E-state index contributed by atoms with van der Waals surface area (Å²) in [7, 11) is 0. The third kappa shape index (κ3) is 5.51. The Hall–Kier alpha value is -1.95. The smallest absolute Gasteiger partial charge is 0.293 e. The fraction of sp³-hybridized carbons (Fsp3) is 0.533. The van der Waals surface area contributed by atoms with Crippen LogP contribution in [0.25, 0.3) is 0 Å². The molecule has 0 heterocycles. The molecule has 0 unspecified atom stereocenters. The van der Waals surface area contributed by atoms with Crippen molar-refractivity contribution in [1.82, 2.24) is 5.32 Å². The van der Waals surface area contributed by atoms with Gasteiger partial charge in [-0.3, -0.25) is 14.9 Å². The second-order valence-corrected chi connectivity index (χ2v) is 5.47. The number of anilines is 1. The number of carbonyl (C=O) groups is 1. The standard InChI is InChI=1S/C15H23N3O3/c1-10(2)16-7-5-6-15(19)17-13-8-11(3)12(4)9-14(13)18(20)21/h8-10,16H,5-7H2,1-4H3,(H,17,19). The van der Waals surface area contributed by atoms with Gasteiger partial charge in [0, 0.05) is 18.5 Å². The summed E-state index contributed by atoms with van der Waals surface area (Å²) in [5.41, 5.74) is 1.95. The van der Waals surface area contributed by atoms with E-state index in [4.69, 9.17) is 0 Å². The summed E-state index contributed by atoms with van der Waals surface area (Å²) >= 11 is 0. The van der Waals surface area contributed by atoms with Crippen molar-refractivity contribution in [3.8, 4) is 0 Å². The number of carbonyl (C=O) groups excluding carboxylic acids is 1. The predicted molar refractivity (Wildman–Crippen MR) is 83.6 cm³/mol. The number of nitro groups is 1. The van der Waals surface area contributed by atoms with Gasteiger partial charge in [0.25, 0.3) is 5.69 Å². The maximum absolute atomic E-state index is 11.9. The van der Waals surface area contributed by atoms with Gasteiger partial charge >= 0.3 is 0 Å². The second-order valence-electron chi connectivity index (χ2n) is 5.47. The topological polar surface area (TPSA) is 84.3 Å². The van der Waals surface area contributed by atoms with Crippen molar-refractivity contribution in [2.75, 3.05) is 11.9 Å². The third-order valence-corrected chi connectivity index (χ3v) is 3.22. The zero-order valence-electron chi connectivity index (χ0n) is 13.0. The van der Waals surface area contributed by atoms with Gasteiger partial charge in [-0.15, -0.1) is 0 Å². The minimum absolute atomic E-state index is 0.0632. The van der Waals surface area contributed by atoms with Crippen molar-refractivity contribution in [2.45, 2.75) is 46.6 Å². The first-order valence-electron chi connectivity index (χ1n) is 7.10. The van der Waals surface area contributed by atoms with Crippen LogP contribution in [0.4, 0.5) is 11.4 Å². The lowest BCUT2D eigenvalue weighted by molar-refractivity contribution is -0.384. The Morgan fingerprint density at radius 1 is 1.29 bits per heavy atom. The minimum atomic E-state index is -0.470. The summed E-state index contributed by atoms with van der Waals surface area (Å²) < 4.78 is 0. The summed E-state index contributed by atoms with van der Waals surface area (Å²) in [6.07, 6.45) is 1.03. The van der Waals surface area contributed by atoms with Crippen LogP contribution in [0, 0.1) is 24.0 Å². The van der Waals surface area contributed by atoms with Gasteiger partial charge in [0.05, 0.1) is 4.92 Å². The van der Waals surface area contributed by atoms with Gasteiger partial charge in [-0.25, -0.2) is 0 Å². The van der Waals surface area contributed by atoms with Crippen LogP contribution >= 0.6 is 0 Å². The van der Waals surface area contributed by atoms with E-state index < -0.39 is 4.92 Å². The summed E-state index contributed by atoms with van der Waals surface area (Å²) in [4.78, 5) is 22.4. The van der Waals surface area contributed by atoms with Crippen LogP contribution in [0.5, 0.6) is 0 Å². The Morgan fingerprint density at radius 3 is 2.48 bits per heavy atom. The molecule has 0 saturated carbocycles. The van der Waals surface area contributed by atoms with E-state index >= 15 is 0 Å². The maximum atomic E-state index is 11.9. The molecule has 0 radical (unpaired) electrons. The molecule has 1 aromatic carbocycles. The van der Waals surface area contributed by atoms with Crippen molar-refractivity contribution in [1.29, 1.82) is 0 Å². The molecule has 0 fully saturated rings. The number of aryl methyl sites for hydroxylation is 2. The van der Waals surface area contributed by atoms with Gasteiger partial charge in [0.15, 0.2) is 0 Å². The minimum Gasteiger partial charge on any atom is -0.320 e. The molecular formula is C15H23N3O3. The number of benzene rings is 1. The highest BCUT2D eigenvalue weighted by molar-refractivity contribution is 5.93. The lowest BCUT2D eigenvalue weighted by atomic mass is 10.1. The van der Waals surface area contributed by atoms with Crippen LogP contribution in [0.3, 0.4) is 0 Å². The molecule has 0 saturated heterocycles. The Labute approximate surface area is 125 Å². The lowest BCUT2D eigenvalue weighted by Crippen LogP contribution is -2.24. The fourth-order valence-electron chi connectivity index (χ4n) is 1.90. The molecule has 21 heavy (non-hydrogen) atoms. The number of hydrogen-bond donors (Lipinski definition) is 2. The molecule has 6 heteroatoms. The second kappa shape index (κ2) is 7.73. The number of nitrogens with one attached hydrogen (secondary N) is 2. The van der Waals surface area contributed by atoms with Gasteiger partial charge in [0.1, 0.15) is 5.69 Å². The van der Waals surface area contributed by atoms with Crippen LogP contribution < -0.4 is 10.6 Å². The van der Waals surface area contributed by atoms with Crippen LogP contribution in [-0.4, -0.2) is 23.4 Å². The quantitative estimate of drug-likeness (QED) is 0.460. The molecule has 6 nitrogen and oxygen atoms in total. The summed E-state index contributed by atoms with van der Waals surface area (Å²) in [6.45, 7) is 8.50. The molecule has 1 rings (SSSR count). The number of hydrogen-bond acceptors (Lipinski definition) is 4. The molecule has 0 aliphatic rings. The summed E-state index contributed by atoms with van der Waals surface area (Å²) in [5.74, 6) is -0.202. The monoisotopic (exact) mass is 293 g/mol. The van der Waals surface area contributed by atoms with Crippen LogP contribution in [-0.2, 0) is 4.79 Å². The molecule has 1 aromatic rings. The molecule has 1 amide bonds. The zero-order chi connectivity index (χ0) is 16.0. The van der Waals surface area contributed by atoms with Gasteiger partial charge in [-0.2, -0.15) is 0 Å². The number of amides is 1. The number of rotatable bonds is 7. The van der Waals surface area contributed by atoms with E-state index in [0.717, 1.165) is 17.7 Å². The fourth-order valence-corrected chi connectivity index (χ4v) is 1.90. The zero-order valence-corrected chi connectivity index (χ0v) is 13.0. The summed E-state index contributed by atoms with van der Waals surface area (Å²) in [6, 6.07) is 3.53. The Morgan fingerprint density at radius 2 is 1.90 bits per heavy atom. The SMILES string of the molecule is Cc1cc(NC(=O)CCCNC(C)C)c([N+](=O)[O-])cc1C. The van der Waals surface area contributed by atoms with Crippen molar-refractivity contribution in [3.05, 3.63) is 33.4 Å². The average Bonchev–Trinajstić information content (AvgIpc) is 2.38. The van der Waals surface area contributed by atoms with E-state index in [0.29, 0.717) is 18.9 Å². The number of nitrogens with zero attached hydrogens (tertiary/aromatic N) is 1. The highest BCUT2D eigenvalue weighted by Gasteiger charge is 2.17. The van der Waals surface area contributed by atoms with Gasteiger partial charge < -0.3 is 10.6 Å². The van der Waals surface area contributed by atoms with Gasteiger partial charge in [-0.05, 0) is 44.0 Å². The lowest BCUT2D eigenvalue weighted by Gasteiger charge is -2.10. The molecule has 0 atom stereocenters. The van der Waals surface area contributed by atoms with Crippen LogP contribution in [0.1, 0.15) is 37.8 Å². The van der Waals surface area contributed by atoms with E-state index in [1.807, 2.05) is 27.7 Å². The molecule has 0 aromatic heterocycles. The van der Waals surface area contributed by atoms with Crippen molar-refractivity contribution < 1.29 is 9.72 Å². The molecule has 2 N–H and O–H groups in total. The molecular weight excluding hydrogens is 270 g/mol. The van der Waals surface area contributed by atoms with Gasteiger partial charge in [0.2, 0.25) is 5.91 Å². The first-order valence-corrected chi connectivity index (χ1v) is 7.10. The van der Waals surface area contributed by atoms with Crippen LogP contribution in [0.15, 0.2) is 12.1 Å². The van der Waals surface area contributed by atoms with Crippen molar-refractivity contribution in [3.63, 3.8) is 0 Å². The van der Waals surface area contributed by atoms with Crippen LogP contribution in [0.2, 0.25) is 0 Å². The van der Waals surface area contributed by atoms with E-state index in [2.05, 4.69) is 10.6 Å². The first-order chi connectivity index (χ1) is 9.81. The first kappa shape index (κ1) is 17.1. The van der Waals surface area contributed by atoms with E-state index in [-0.39, 0.29) is 17.3 Å². The highest BCUT2D eigenvalue weighted by atomic mass is 16.6. The highest BCUT2D eigenvalue weighted by Crippen LogP contribution is 2.28. The largest absolute Gasteiger partial charge is 0.320 e. The van der Waals surface area contributed by atoms with Gasteiger partial charge in [-0.1, -0.05) is 13.8 Å². The summed E-state index contributed by atoms with van der Waals surface area (Å²) in [5, 5.41) is 16.9. The number of nitro benzene ring substituents is 1. The molecule has 0 bridgehead atoms. The molecule has 0 spiro atoms. The maximum Gasteiger partial charge on any atom is 0.293 e. The third-order valence-electron chi connectivity index (χ3n) is 3.22. The Kier molecular flexibility index (Phi) is 6.30. The van der Waals surface area contributed by atoms with Crippen molar-refractivity contribution in [2.24, 2.45) is 0 Å².